The Morgan fingerprint density at radius 2 is 1.88 bits per heavy atom. The van der Waals surface area contributed by atoms with Gasteiger partial charge in [-0.2, -0.15) is 0 Å². The smallest absolute Gasteiger partial charge is 0.343 e. The van der Waals surface area contributed by atoms with Gasteiger partial charge in [0.25, 0.3) is 0 Å². The molecule has 86 valence electrons. The molecule has 0 amide bonds. The molecule has 1 N–H and O–H groups in total. The van der Waals surface area contributed by atoms with E-state index in [1.54, 1.807) is 24.3 Å². The van der Waals surface area contributed by atoms with E-state index in [1.165, 1.54) is 12.1 Å². The molecule has 0 unspecified atom stereocenters. The number of rotatable bonds is 2. The Morgan fingerprint density at radius 3 is 2.59 bits per heavy atom. The van der Waals surface area contributed by atoms with Crippen LogP contribution in [0.15, 0.2) is 48.5 Å². The van der Waals surface area contributed by atoms with Crippen LogP contribution < -0.4 is 4.74 Å². The summed E-state index contributed by atoms with van der Waals surface area (Å²) >= 11 is 0. The lowest BCUT2D eigenvalue weighted by Crippen LogP contribution is -2.08. The van der Waals surface area contributed by atoms with Gasteiger partial charge >= 0.3 is 5.97 Å². The summed E-state index contributed by atoms with van der Waals surface area (Å²) in [6, 6.07) is 13.4. The third-order valence-electron chi connectivity index (χ3n) is 2.38. The summed E-state index contributed by atoms with van der Waals surface area (Å²) in [6.45, 7) is 1.87. The lowest BCUT2D eigenvalue weighted by Gasteiger charge is -2.06. The molecule has 0 aliphatic rings. The van der Waals surface area contributed by atoms with Crippen LogP contribution in [0.1, 0.15) is 15.9 Å². The zero-order valence-electron chi connectivity index (χ0n) is 9.38. The zero-order chi connectivity index (χ0) is 12.3. The first kappa shape index (κ1) is 11.2. The highest BCUT2D eigenvalue weighted by molar-refractivity contribution is 5.91. The van der Waals surface area contributed by atoms with E-state index < -0.39 is 5.97 Å². The second kappa shape index (κ2) is 4.70. The molecule has 0 aliphatic heterocycles. The molecule has 0 saturated carbocycles. The number of para-hydroxylation sites is 1. The van der Waals surface area contributed by atoms with Gasteiger partial charge in [-0.05, 0) is 36.8 Å². The van der Waals surface area contributed by atoms with E-state index in [2.05, 4.69) is 0 Å². The number of carbonyl (C=O) groups is 1. The lowest BCUT2D eigenvalue weighted by atomic mass is 10.2. The molecule has 3 heteroatoms. The van der Waals surface area contributed by atoms with E-state index >= 15 is 0 Å². The Kier molecular flexibility index (Phi) is 3.10. The van der Waals surface area contributed by atoms with E-state index in [-0.39, 0.29) is 5.75 Å². The summed E-state index contributed by atoms with van der Waals surface area (Å²) in [5.74, 6) is 0.0975. The van der Waals surface area contributed by atoms with Crippen LogP contribution in [0.3, 0.4) is 0 Å². The van der Waals surface area contributed by atoms with Crippen molar-refractivity contribution in [3.8, 4) is 11.5 Å². The minimum absolute atomic E-state index is 0.0456. The summed E-state index contributed by atoms with van der Waals surface area (Å²) in [4.78, 5) is 11.8. The highest BCUT2D eigenvalue weighted by Crippen LogP contribution is 2.19. The minimum atomic E-state index is -0.477. The fourth-order valence-electron chi connectivity index (χ4n) is 1.46. The van der Waals surface area contributed by atoms with Gasteiger partial charge in [0.15, 0.2) is 0 Å². The number of ether oxygens (including phenoxy) is 1. The fraction of sp³-hybridized carbons (Fsp3) is 0.0714. The molecule has 2 rings (SSSR count). The molecular weight excluding hydrogens is 216 g/mol. The van der Waals surface area contributed by atoms with Crippen molar-refractivity contribution in [3.63, 3.8) is 0 Å². The molecule has 0 atom stereocenters. The van der Waals surface area contributed by atoms with Gasteiger partial charge in [-0.3, -0.25) is 0 Å². The van der Waals surface area contributed by atoms with Gasteiger partial charge in [-0.25, -0.2) is 4.79 Å². The van der Waals surface area contributed by atoms with Crippen molar-refractivity contribution in [2.75, 3.05) is 0 Å². The molecule has 0 spiro atoms. The predicted molar refractivity (Wildman–Crippen MR) is 64.2 cm³/mol. The molecule has 0 bridgehead atoms. The van der Waals surface area contributed by atoms with Gasteiger partial charge in [-0.1, -0.05) is 24.3 Å². The number of hydrogen-bond acceptors (Lipinski definition) is 3. The zero-order valence-corrected chi connectivity index (χ0v) is 9.38. The molecule has 0 fully saturated rings. The molecule has 17 heavy (non-hydrogen) atoms. The van der Waals surface area contributed by atoms with E-state index in [4.69, 9.17) is 4.74 Å². The van der Waals surface area contributed by atoms with Gasteiger partial charge in [0.2, 0.25) is 0 Å². The number of aromatic hydroxyl groups is 1. The Morgan fingerprint density at radius 1 is 1.12 bits per heavy atom. The second-order valence-electron chi connectivity index (χ2n) is 3.71. The maximum atomic E-state index is 11.8. The fourth-order valence-corrected chi connectivity index (χ4v) is 1.46. The number of hydrogen-bond donors (Lipinski definition) is 1. The average Bonchev–Trinajstić information content (AvgIpc) is 2.32. The number of carbonyl (C=O) groups excluding carboxylic acids is 1. The first-order valence-corrected chi connectivity index (χ1v) is 5.23. The number of benzene rings is 2. The van der Waals surface area contributed by atoms with E-state index in [0.29, 0.717) is 11.3 Å². The first-order chi connectivity index (χ1) is 8.16. The van der Waals surface area contributed by atoms with Gasteiger partial charge in [-0.15, -0.1) is 0 Å². The van der Waals surface area contributed by atoms with E-state index in [9.17, 15) is 9.90 Å². The van der Waals surface area contributed by atoms with Crippen LogP contribution in [0.4, 0.5) is 0 Å². The molecule has 0 heterocycles. The largest absolute Gasteiger partial charge is 0.508 e. The molecule has 2 aromatic rings. The van der Waals surface area contributed by atoms with Crippen molar-refractivity contribution >= 4 is 5.97 Å². The highest BCUT2D eigenvalue weighted by Gasteiger charge is 2.10. The molecule has 0 aromatic heterocycles. The monoisotopic (exact) mass is 228 g/mol. The molecular formula is C14H12O3. The van der Waals surface area contributed by atoms with Crippen molar-refractivity contribution in [2.45, 2.75) is 6.92 Å². The Bertz CT molecular complexity index is 547. The van der Waals surface area contributed by atoms with Crippen molar-refractivity contribution in [1.29, 1.82) is 0 Å². The molecule has 3 nitrogen and oxygen atoms in total. The van der Waals surface area contributed by atoms with Gasteiger partial charge in [0.05, 0.1) is 5.56 Å². The Labute approximate surface area is 99.3 Å². The van der Waals surface area contributed by atoms with Gasteiger partial charge in [0.1, 0.15) is 11.5 Å². The minimum Gasteiger partial charge on any atom is -0.508 e. The van der Waals surface area contributed by atoms with Crippen molar-refractivity contribution in [2.24, 2.45) is 0 Å². The number of aryl methyl sites for hydroxylation is 1. The molecule has 2 aromatic carbocycles. The third-order valence-corrected chi connectivity index (χ3v) is 2.38. The quantitative estimate of drug-likeness (QED) is 0.635. The van der Waals surface area contributed by atoms with Crippen LogP contribution in [0.25, 0.3) is 0 Å². The number of phenolic OH excluding ortho intramolecular Hbond substituents is 1. The van der Waals surface area contributed by atoms with Crippen LogP contribution in [0.5, 0.6) is 11.5 Å². The first-order valence-electron chi connectivity index (χ1n) is 5.23. The molecule has 0 radical (unpaired) electrons. The van der Waals surface area contributed by atoms with Gasteiger partial charge in [0, 0.05) is 0 Å². The maximum Gasteiger partial charge on any atom is 0.343 e. The second-order valence-corrected chi connectivity index (χ2v) is 3.71. The van der Waals surface area contributed by atoms with Gasteiger partial charge < -0.3 is 9.84 Å². The SMILES string of the molecule is Cc1ccccc1OC(=O)c1cccc(O)c1. The topological polar surface area (TPSA) is 46.5 Å². The summed E-state index contributed by atoms with van der Waals surface area (Å²) in [6.07, 6.45) is 0. The number of esters is 1. The standard InChI is InChI=1S/C14H12O3/c1-10-5-2-3-8-13(10)17-14(16)11-6-4-7-12(15)9-11/h2-9,15H,1H3. The normalized spacial score (nSPS) is 9.94. The van der Waals surface area contributed by atoms with Crippen LogP contribution in [0.2, 0.25) is 0 Å². The Hall–Kier alpha value is -2.29. The molecule has 0 saturated heterocycles. The highest BCUT2D eigenvalue weighted by atomic mass is 16.5. The van der Waals surface area contributed by atoms with E-state index in [1.807, 2.05) is 19.1 Å². The maximum absolute atomic E-state index is 11.8. The van der Waals surface area contributed by atoms with Crippen molar-refractivity contribution in [1.82, 2.24) is 0 Å². The molecule has 0 aliphatic carbocycles. The van der Waals surface area contributed by atoms with Crippen molar-refractivity contribution in [3.05, 3.63) is 59.7 Å². The Balaban J connectivity index is 2.20. The average molecular weight is 228 g/mol. The summed E-state index contributed by atoms with van der Waals surface area (Å²) in [5, 5.41) is 9.27. The summed E-state index contributed by atoms with van der Waals surface area (Å²) in [5.41, 5.74) is 1.22. The summed E-state index contributed by atoms with van der Waals surface area (Å²) < 4.78 is 5.24. The number of phenols is 1. The van der Waals surface area contributed by atoms with Crippen LogP contribution >= 0.6 is 0 Å². The lowest BCUT2D eigenvalue weighted by molar-refractivity contribution is 0.0733. The summed E-state index contributed by atoms with van der Waals surface area (Å²) in [7, 11) is 0. The predicted octanol–water partition coefficient (Wildman–Crippen LogP) is 2.92. The third kappa shape index (κ3) is 2.64. The van der Waals surface area contributed by atoms with Crippen LogP contribution in [-0.4, -0.2) is 11.1 Å². The van der Waals surface area contributed by atoms with E-state index in [0.717, 1.165) is 5.56 Å². The van der Waals surface area contributed by atoms with Crippen molar-refractivity contribution < 1.29 is 14.6 Å². The van der Waals surface area contributed by atoms with Crippen LogP contribution in [-0.2, 0) is 0 Å². The van der Waals surface area contributed by atoms with Crippen LogP contribution in [0, 0.1) is 6.92 Å².